The molecule has 0 saturated carbocycles. The monoisotopic (exact) mass is 357 g/mol. The summed E-state index contributed by atoms with van der Waals surface area (Å²) in [5, 5.41) is 0. The molecule has 1 aromatic carbocycles. The van der Waals surface area contributed by atoms with Gasteiger partial charge in [0.2, 0.25) is 10.0 Å². The van der Waals surface area contributed by atoms with E-state index in [1.165, 1.54) is 31.4 Å². The number of hydrogen-bond donors (Lipinski definition) is 1. The van der Waals surface area contributed by atoms with E-state index in [1.54, 1.807) is 0 Å². The van der Waals surface area contributed by atoms with Gasteiger partial charge in [-0.3, -0.25) is 0 Å². The van der Waals surface area contributed by atoms with Gasteiger partial charge in [0.1, 0.15) is 0 Å². The first-order valence-electron chi connectivity index (χ1n) is 7.90. The first-order valence-corrected chi connectivity index (χ1v) is 9.38. The molecule has 1 heterocycles. The lowest BCUT2D eigenvalue weighted by atomic mass is 10.2. The summed E-state index contributed by atoms with van der Waals surface area (Å²) in [7, 11) is -2.42. The quantitative estimate of drug-likeness (QED) is 0.530. The molecular formula is C16H23NO6S. The molecule has 24 heavy (non-hydrogen) atoms. The van der Waals surface area contributed by atoms with E-state index in [0.717, 1.165) is 19.4 Å². The number of esters is 1. The lowest BCUT2D eigenvalue weighted by Crippen LogP contribution is -2.26. The highest BCUT2D eigenvalue weighted by atomic mass is 32.2. The average molecular weight is 357 g/mol. The van der Waals surface area contributed by atoms with Crippen molar-refractivity contribution < 1.29 is 27.4 Å². The Bertz CT molecular complexity index is 640. The van der Waals surface area contributed by atoms with Gasteiger partial charge in [-0.2, -0.15) is 0 Å². The van der Waals surface area contributed by atoms with Crippen molar-refractivity contribution >= 4 is 16.0 Å². The van der Waals surface area contributed by atoms with Crippen molar-refractivity contribution in [1.29, 1.82) is 0 Å². The van der Waals surface area contributed by atoms with Crippen molar-refractivity contribution in [3.63, 3.8) is 0 Å². The van der Waals surface area contributed by atoms with Crippen molar-refractivity contribution in [2.24, 2.45) is 0 Å². The second-order valence-corrected chi connectivity index (χ2v) is 7.25. The zero-order chi connectivity index (χ0) is 17.4. The van der Waals surface area contributed by atoms with Crippen LogP contribution in [0.25, 0.3) is 0 Å². The molecule has 1 aromatic rings. The van der Waals surface area contributed by atoms with Crippen LogP contribution in [0.15, 0.2) is 29.2 Å². The Labute approximate surface area is 142 Å². The Balaban J connectivity index is 1.75. The van der Waals surface area contributed by atoms with Gasteiger partial charge < -0.3 is 14.2 Å². The molecule has 0 aromatic heterocycles. The lowest BCUT2D eigenvalue weighted by molar-refractivity contribution is 0.0169. The van der Waals surface area contributed by atoms with Crippen LogP contribution in [0.2, 0.25) is 0 Å². The van der Waals surface area contributed by atoms with Crippen molar-refractivity contribution in [1.82, 2.24) is 4.72 Å². The van der Waals surface area contributed by atoms with Crippen molar-refractivity contribution in [2.45, 2.75) is 30.3 Å². The average Bonchev–Trinajstić information content (AvgIpc) is 3.10. The first kappa shape index (κ1) is 18.9. The molecule has 1 saturated heterocycles. The number of methoxy groups -OCH3 is 1. The predicted octanol–water partition coefficient (Wildman–Crippen LogP) is 1.34. The normalized spacial score (nSPS) is 17.8. The van der Waals surface area contributed by atoms with Crippen molar-refractivity contribution in [3.05, 3.63) is 29.8 Å². The number of sulfonamides is 1. The van der Waals surface area contributed by atoms with Gasteiger partial charge in [-0.25, -0.2) is 17.9 Å². The number of carbonyl (C=O) groups excluding carboxylic acids is 1. The molecule has 0 spiro atoms. The zero-order valence-corrected chi connectivity index (χ0v) is 14.5. The summed E-state index contributed by atoms with van der Waals surface area (Å²) in [6, 6.07) is 5.74. The number of hydrogen-bond acceptors (Lipinski definition) is 6. The number of benzene rings is 1. The Morgan fingerprint density at radius 2 is 2.25 bits per heavy atom. The van der Waals surface area contributed by atoms with Gasteiger partial charge in [-0.15, -0.1) is 0 Å². The summed E-state index contributed by atoms with van der Waals surface area (Å²) >= 11 is 0. The fraction of sp³-hybridized carbons (Fsp3) is 0.562. The van der Waals surface area contributed by atoms with Crippen LogP contribution >= 0.6 is 0 Å². The molecule has 1 atom stereocenters. The minimum atomic E-state index is -3.67. The van der Waals surface area contributed by atoms with Gasteiger partial charge in [-0.05, 0) is 37.5 Å². The van der Waals surface area contributed by atoms with Gasteiger partial charge in [0.25, 0.3) is 0 Å². The number of ether oxygens (including phenoxy) is 3. The topological polar surface area (TPSA) is 90.9 Å². The highest BCUT2D eigenvalue weighted by molar-refractivity contribution is 7.89. The van der Waals surface area contributed by atoms with Crippen LogP contribution < -0.4 is 4.72 Å². The summed E-state index contributed by atoms with van der Waals surface area (Å²) in [6.07, 6.45) is 2.81. The minimum absolute atomic E-state index is 0.0330. The number of carbonyl (C=O) groups is 1. The van der Waals surface area contributed by atoms with Crippen molar-refractivity contribution in [2.75, 3.05) is 33.5 Å². The van der Waals surface area contributed by atoms with E-state index in [1.807, 2.05) is 0 Å². The second kappa shape index (κ2) is 9.12. The molecular weight excluding hydrogens is 334 g/mol. The maximum absolute atomic E-state index is 12.2. The lowest BCUT2D eigenvalue weighted by Gasteiger charge is -2.11. The maximum atomic E-state index is 12.2. The van der Waals surface area contributed by atoms with Crippen LogP contribution in [0.4, 0.5) is 0 Å². The highest BCUT2D eigenvalue weighted by Crippen LogP contribution is 2.13. The molecule has 1 fully saturated rings. The van der Waals surface area contributed by atoms with Crippen LogP contribution in [-0.4, -0.2) is 54.0 Å². The zero-order valence-electron chi connectivity index (χ0n) is 13.7. The van der Waals surface area contributed by atoms with Gasteiger partial charge >= 0.3 is 5.97 Å². The molecule has 0 amide bonds. The molecule has 0 aliphatic carbocycles. The number of nitrogens with one attached hydrogen (secondary N) is 1. The Kier molecular flexibility index (Phi) is 7.16. The summed E-state index contributed by atoms with van der Waals surface area (Å²) in [5.41, 5.74) is 0.195. The fourth-order valence-corrected chi connectivity index (χ4v) is 3.48. The second-order valence-electron chi connectivity index (χ2n) is 5.48. The predicted molar refractivity (Wildman–Crippen MR) is 87.4 cm³/mol. The maximum Gasteiger partial charge on any atom is 0.337 e. The Morgan fingerprint density at radius 1 is 1.42 bits per heavy atom. The number of rotatable bonds is 9. The molecule has 7 nitrogen and oxygen atoms in total. The molecule has 1 N–H and O–H groups in total. The van der Waals surface area contributed by atoms with Gasteiger partial charge in [0, 0.05) is 19.8 Å². The third-order valence-electron chi connectivity index (χ3n) is 3.65. The SMILES string of the molecule is COC(=O)c1cccc(S(=O)(=O)NCCCOC[C@@H]2CCCO2)c1. The third-order valence-corrected chi connectivity index (χ3v) is 5.11. The smallest absolute Gasteiger partial charge is 0.337 e. The van der Waals surface area contributed by atoms with E-state index in [2.05, 4.69) is 9.46 Å². The standard InChI is InChI=1S/C16H23NO6S/c1-21-16(18)13-5-2-7-15(11-13)24(19,20)17-8-4-9-22-12-14-6-3-10-23-14/h2,5,7,11,14,17H,3-4,6,8-10,12H2,1H3/t14-/m0/s1. The van der Waals surface area contributed by atoms with Gasteiger partial charge in [0.15, 0.2) is 0 Å². The molecule has 1 aliphatic rings. The van der Waals surface area contributed by atoms with Crippen molar-refractivity contribution in [3.8, 4) is 0 Å². The van der Waals surface area contributed by atoms with E-state index in [0.29, 0.717) is 19.6 Å². The Morgan fingerprint density at radius 3 is 2.96 bits per heavy atom. The summed E-state index contributed by atoms with van der Waals surface area (Å²) in [4.78, 5) is 11.5. The molecule has 8 heteroatoms. The van der Waals surface area contributed by atoms with E-state index in [-0.39, 0.29) is 23.1 Å². The van der Waals surface area contributed by atoms with Crippen LogP contribution in [-0.2, 0) is 24.2 Å². The van der Waals surface area contributed by atoms with Gasteiger partial charge in [0.05, 0.1) is 30.3 Å². The van der Waals surface area contributed by atoms with Crippen LogP contribution in [0.3, 0.4) is 0 Å². The summed E-state index contributed by atoms with van der Waals surface area (Å²) in [6.45, 7) is 2.06. The molecule has 0 bridgehead atoms. The van der Waals surface area contributed by atoms with E-state index in [9.17, 15) is 13.2 Å². The van der Waals surface area contributed by atoms with E-state index >= 15 is 0 Å². The highest BCUT2D eigenvalue weighted by Gasteiger charge is 2.17. The Hall–Kier alpha value is -1.48. The summed E-state index contributed by atoms with van der Waals surface area (Å²) < 4.78 is 42.4. The molecule has 1 aliphatic heterocycles. The molecule has 0 unspecified atom stereocenters. The van der Waals surface area contributed by atoms with Crippen LogP contribution in [0.5, 0.6) is 0 Å². The molecule has 0 radical (unpaired) electrons. The van der Waals surface area contributed by atoms with Crippen LogP contribution in [0, 0.1) is 0 Å². The summed E-state index contributed by atoms with van der Waals surface area (Å²) in [5.74, 6) is -0.574. The first-order chi connectivity index (χ1) is 11.5. The van der Waals surface area contributed by atoms with E-state index < -0.39 is 16.0 Å². The van der Waals surface area contributed by atoms with Gasteiger partial charge in [-0.1, -0.05) is 6.07 Å². The molecule has 2 rings (SSSR count). The minimum Gasteiger partial charge on any atom is -0.465 e. The third kappa shape index (κ3) is 5.55. The largest absolute Gasteiger partial charge is 0.465 e. The molecule has 134 valence electrons. The fourth-order valence-electron chi connectivity index (χ4n) is 2.36. The van der Waals surface area contributed by atoms with Crippen LogP contribution in [0.1, 0.15) is 29.6 Å². The van der Waals surface area contributed by atoms with E-state index in [4.69, 9.17) is 9.47 Å².